The largest absolute Gasteiger partial charge is 0.327 e. The summed E-state index contributed by atoms with van der Waals surface area (Å²) in [5, 5.41) is 0. The Hall–Kier alpha value is -2.08. The summed E-state index contributed by atoms with van der Waals surface area (Å²) in [5.74, 6) is 0.780. The first-order valence-corrected chi connectivity index (χ1v) is 8.56. The van der Waals surface area contributed by atoms with Gasteiger partial charge in [0.25, 0.3) is 0 Å². The quantitative estimate of drug-likeness (QED) is 0.922. The van der Waals surface area contributed by atoms with Gasteiger partial charge in [0.05, 0.1) is 18.1 Å². The van der Waals surface area contributed by atoms with E-state index in [4.69, 9.17) is 0 Å². The Kier molecular flexibility index (Phi) is 4.47. The highest BCUT2D eigenvalue weighted by molar-refractivity contribution is 7.92. The summed E-state index contributed by atoms with van der Waals surface area (Å²) in [5.41, 5.74) is 2.71. The van der Waals surface area contributed by atoms with Crippen LogP contribution in [-0.2, 0) is 10.0 Å². The lowest BCUT2D eigenvalue weighted by Crippen LogP contribution is -2.17. The van der Waals surface area contributed by atoms with Gasteiger partial charge in [0.1, 0.15) is 5.82 Å². The third-order valence-electron chi connectivity index (χ3n) is 2.96. The third-order valence-corrected chi connectivity index (χ3v) is 3.56. The zero-order chi connectivity index (χ0) is 15.5. The number of hydrogen-bond donors (Lipinski definition) is 1. The minimum Gasteiger partial charge on any atom is -0.327 e. The van der Waals surface area contributed by atoms with Crippen molar-refractivity contribution in [2.75, 3.05) is 22.4 Å². The second kappa shape index (κ2) is 6.13. The lowest BCUT2D eigenvalue weighted by molar-refractivity contribution is 0.607. The van der Waals surface area contributed by atoms with E-state index in [0.717, 1.165) is 24.3 Å². The van der Waals surface area contributed by atoms with Crippen LogP contribution in [0.25, 0.3) is 0 Å². The fraction of sp³-hybridized carbons (Fsp3) is 0.267. The summed E-state index contributed by atoms with van der Waals surface area (Å²) in [6.45, 7) is 4.87. The summed E-state index contributed by atoms with van der Waals surface area (Å²) in [6, 6.07) is 11.7. The van der Waals surface area contributed by atoms with Crippen LogP contribution >= 0.6 is 0 Å². The fourth-order valence-electron chi connectivity index (χ4n) is 2.09. The van der Waals surface area contributed by atoms with Crippen LogP contribution in [0.15, 0.2) is 42.6 Å². The van der Waals surface area contributed by atoms with Gasteiger partial charge in [-0.25, -0.2) is 13.4 Å². The lowest BCUT2D eigenvalue weighted by atomic mass is 10.2. The number of benzene rings is 1. The van der Waals surface area contributed by atoms with Gasteiger partial charge in [0.2, 0.25) is 10.0 Å². The Morgan fingerprint density at radius 2 is 2.00 bits per heavy atom. The molecule has 0 aliphatic rings. The number of aryl methyl sites for hydroxylation is 1. The number of anilines is 3. The van der Waals surface area contributed by atoms with Crippen molar-refractivity contribution in [1.82, 2.24) is 4.98 Å². The number of nitrogens with zero attached hydrogens (tertiary/aromatic N) is 2. The van der Waals surface area contributed by atoms with Gasteiger partial charge in [0, 0.05) is 12.2 Å². The van der Waals surface area contributed by atoms with Crippen molar-refractivity contribution < 1.29 is 8.42 Å². The molecule has 6 heteroatoms. The minimum atomic E-state index is -3.28. The number of hydrogen-bond acceptors (Lipinski definition) is 4. The Balaban J connectivity index is 2.27. The van der Waals surface area contributed by atoms with E-state index in [9.17, 15) is 8.42 Å². The van der Waals surface area contributed by atoms with Crippen LogP contribution < -0.4 is 9.62 Å². The molecule has 2 aromatic rings. The third kappa shape index (κ3) is 4.19. The highest BCUT2D eigenvalue weighted by Crippen LogP contribution is 2.24. The molecule has 112 valence electrons. The lowest BCUT2D eigenvalue weighted by Gasteiger charge is -2.22. The molecule has 0 bridgehead atoms. The summed E-state index contributed by atoms with van der Waals surface area (Å²) in [6.07, 6.45) is 2.64. The molecule has 0 saturated carbocycles. The van der Waals surface area contributed by atoms with E-state index in [1.165, 1.54) is 11.8 Å². The molecule has 0 atom stereocenters. The second-order valence-corrected chi connectivity index (χ2v) is 6.61. The van der Waals surface area contributed by atoms with Crippen LogP contribution in [0.2, 0.25) is 0 Å². The van der Waals surface area contributed by atoms with Crippen molar-refractivity contribution in [3.63, 3.8) is 0 Å². The molecule has 5 nitrogen and oxygen atoms in total. The van der Waals surface area contributed by atoms with E-state index < -0.39 is 10.0 Å². The summed E-state index contributed by atoms with van der Waals surface area (Å²) < 4.78 is 24.8. The van der Waals surface area contributed by atoms with Crippen LogP contribution in [0.3, 0.4) is 0 Å². The van der Waals surface area contributed by atoms with Crippen molar-refractivity contribution in [1.29, 1.82) is 0 Å². The minimum absolute atomic E-state index is 0.460. The van der Waals surface area contributed by atoms with Crippen LogP contribution in [-0.4, -0.2) is 26.2 Å². The maximum absolute atomic E-state index is 11.2. The summed E-state index contributed by atoms with van der Waals surface area (Å²) >= 11 is 0. The number of nitrogens with one attached hydrogen (secondary N) is 1. The van der Waals surface area contributed by atoms with Crippen molar-refractivity contribution in [2.24, 2.45) is 0 Å². The molecule has 1 aromatic heterocycles. The molecule has 0 radical (unpaired) electrons. The zero-order valence-corrected chi connectivity index (χ0v) is 13.2. The van der Waals surface area contributed by atoms with E-state index in [1.807, 2.05) is 32.0 Å². The molecule has 21 heavy (non-hydrogen) atoms. The molecular formula is C15H19N3O2S. The normalized spacial score (nSPS) is 11.2. The average Bonchev–Trinajstić information content (AvgIpc) is 2.40. The molecule has 1 N–H and O–H groups in total. The first-order chi connectivity index (χ1) is 9.89. The predicted octanol–water partition coefficient (Wildman–Crippen LogP) is 2.92. The van der Waals surface area contributed by atoms with Crippen molar-refractivity contribution >= 4 is 27.2 Å². The fourth-order valence-corrected chi connectivity index (χ4v) is 2.64. The van der Waals surface area contributed by atoms with Crippen LogP contribution in [0.1, 0.15) is 12.5 Å². The van der Waals surface area contributed by atoms with E-state index in [-0.39, 0.29) is 0 Å². The number of aromatic nitrogens is 1. The molecular weight excluding hydrogens is 286 g/mol. The van der Waals surface area contributed by atoms with Crippen molar-refractivity contribution in [3.8, 4) is 0 Å². The number of rotatable bonds is 5. The molecule has 0 saturated heterocycles. The second-order valence-electron chi connectivity index (χ2n) is 4.86. The van der Waals surface area contributed by atoms with Gasteiger partial charge in [-0.2, -0.15) is 0 Å². The first-order valence-electron chi connectivity index (χ1n) is 6.67. The van der Waals surface area contributed by atoms with Gasteiger partial charge in [-0.05, 0) is 43.7 Å². The van der Waals surface area contributed by atoms with Crippen LogP contribution in [0.4, 0.5) is 17.2 Å². The van der Waals surface area contributed by atoms with Gasteiger partial charge in [-0.3, -0.25) is 4.72 Å². The van der Waals surface area contributed by atoms with Gasteiger partial charge in [-0.15, -0.1) is 0 Å². The Labute approximate surface area is 125 Å². The standard InChI is InChI=1S/C15H19N3O2S/c1-4-18(14-7-5-6-12(2)10-14)15-9-8-13(11-16-15)17-21(3,19)20/h5-11,17H,4H2,1-3H3. The highest BCUT2D eigenvalue weighted by Gasteiger charge is 2.09. The molecule has 0 aliphatic carbocycles. The topological polar surface area (TPSA) is 62.3 Å². The van der Waals surface area contributed by atoms with E-state index in [1.54, 1.807) is 12.1 Å². The van der Waals surface area contributed by atoms with Gasteiger partial charge in [-0.1, -0.05) is 12.1 Å². The molecule has 0 unspecified atom stereocenters. The molecule has 0 amide bonds. The maximum Gasteiger partial charge on any atom is 0.229 e. The number of pyridine rings is 1. The number of sulfonamides is 1. The summed E-state index contributed by atoms with van der Waals surface area (Å²) in [7, 11) is -3.28. The monoisotopic (exact) mass is 305 g/mol. The molecule has 0 aliphatic heterocycles. The molecule has 2 rings (SSSR count). The molecule has 0 fully saturated rings. The molecule has 1 heterocycles. The molecule has 1 aromatic carbocycles. The average molecular weight is 305 g/mol. The van der Waals surface area contributed by atoms with E-state index in [2.05, 4.69) is 20.7 Å². The van der Waals surface area contributed by atoms with Gasteiger partial charge >= 0.3 is 0 Å². The van der Waals surface area contributed by atoms with Crippen molar-refractivity contribution in [3.05, 3.63) is 48.2 Å². The van der Waals surface area contributed by atoms with Crippen LogP contribution in [0, 0.1) is 6.92 Å². The van der Waals surface area contributed by atoms with Crippen LogP contribution in [0.5, 0.6) is 0 Å². The zero-order valence-electron chi connectivity index (χ0n) is 12.4. The predicted molar refractivity (Wildman–Crippen MR) is 86.6 cm³/mol. The van der Waals surface area contributed by atoms with E-state index >= 15 is 0 Å². The smallest absolute Gasteiger partial charge is 0.229 e. The maximum atomic E-state index is 11.2. The van der Waals surface area contributed by atoms with E-state index in [0.29, 0.717) is 5.69 Å². The Morgan fingerprint density at radius 3 is 2.52 bits per heavy atom. The van der Waals surface area contributed by atoms with Gasteiger partial charge in [0.15, 0.2) is 0 Å². The Morgan fingerprint density at radius 1 is 1.24 bits per heavy atom. The molecule has 0 spiro atoms. The van der Waals surface area contributed by atoms with Crippen molar-refractivity contribution in [2.45, 2.75) is 13.8 Å². The highest BCUT2D eigenvalue weighted by atomic mass is 32.2. The van der Waals surface area contributed by atoms with Gasteiger partial charge < -0.3 is 4.90 Å². The summed E-state index contributed by atoms with van der Waals surface area (Å²) in [4.78, 5) is 6.41. The Bertz CT molecular complexity index is 712. The first kappa shape index (κ1) is 15.3. The SMILES string of the molecule is CCN(c1cccc(C)c1)c1ccc(NS(C)(=O)=O)cn1.